The van der Waals surface area contributed by atoms with Gasteiger partial charge in [-0.25, -0.2) is 0 Å². The zero-order chi connectivity index (χ0) is 24.1. The van der Waals surface area contributed by atoms with Gasteiger partial charge >= 0.3 is 0 Å². The highest BCUT2D eigenvalue weighted by atomic mass is 35.5. The zero-order valence-electron chi connectivity index (χ0n) is 19.7. The smallest absolute Gasteiger partial charge is 0.161 e. The fourth-order valence-corrected chi connectivity index (χ4v) is 4.40. The van der Waals surface area contributed by atoms with Crippen molar-refractivity contribution in [3.63, 3.8) is 0 Å². The lowest BCUT2D eigenvalue weighted by molar-refractivity contribution is 0.177. The summed E-state index contributed by atoms with van der Waals surface area (Å²) in [4.78, 5) is 0. The SMILES string of the molecule is COc1ccc(C[C@@H]2c3cc(OC)c(OC)cc3CCN2N=Nc2cccc(Cl)c2)cc1OC. The third-order valence-electron chi connectivity index (χ3n) is 5.93. The van der Waals surface area contributed by atoms with Gasteiger partial charge in [0.15, 0.2) is 23.0 Å². The van der Waals surface area contributed by atoms with E-state index in [0.717, 1.165) is 23.3 Å². The Kier molecular flexibility index (Phi) is 7.43. The molecule has 0 amide bonds. The summed E-state index contributed by atoms with van der Waals surface area (Å²) in [6.45, 7) is 0.713. The van der Waals surface area contributed by atoms with Crippen molar-refractivity contribution in [2.75, 3.05) is 35.0 Å². The van der Waals surface area contributed by atoms with Crippen molar-refractivity contribution < 1.29 is 18.9 Å². The molecule has 0 N–H and O–H groups in total. The van der Waals surface area contributed by atoms with Gasteiger partial charge in [0.05, 0.1) is 40.2 Å². The highest BCUT2D eigenvalue weighted by Gasteiger charge is 2.29. The molecule has 3 aromatic rings. The Morgan fingerprint density at radius 3 is 2.26 bits per heavy atom. The number of fused-ring (bicyclic) bond motifs is 1. The van der Waals surface area contributed by atoms with E-state index in [9.17, 15) is 0 Å². The van der Waals surface area contributed by atoms with Gasteiger partial charge in [-0.2, -0.15) is 0 Å². The molecule has 8 heteroatoms. The van der Waals surface area contributed by atoms with Crippen LogP contribution in [0.15, 0.2) is 64.9 Å². The van der Waals surface area contributed by atoms with Crippen LogP contribution >= 0.6 is 11.6 Å². The summed E-state index contributed by atoms with van der Waals surface area (Å²) in [5.41, 5.74) is 4.13. The lowest BCUT2D eigenvalue weighted by Crippen LogP contribution is -2.32. The molecule has 0 saturated heterocycles. The van der Waals surface area contributed by atoms with Crippen LogP contribution in [0.25, 0.3) is 0 Å². The van der Waals surface area contributed by atoms with Crippen LogP contribution in [0.2, 0.25) is 5.02 Å². The van der Waals surface area contributed by atoms with Crippen LogP contribution in [-0.2, 0) is 12.8 Å². The molecule has 178 valence electrons. The van der Waals surface area contributed by atoms with Crippen molar-refractivity contribution >= 4 is 17.3 Å². The monoisotopic (exact) mass is 481 g/mol. The molecular formula is C26H28ClN3O4. The second kappa shape index (κ2) is 10.7. The number of hydrogen-bond donors (Lipinski definition) is 0. The van der Waals surface area contributed by atoms with Crippen LogP contribution in [0.4, 0.5) is 5.69 Å². The Hall–Kier alpha value is -3.45. The maximum absolute atomic E-state index is 6.12. The fraction of sp³-hybridized carbons (Fsp3) is 0.308. The first-order valence-corrected chi connectivity index (χ1v) is 11.3. The minimum absolute atomic E-state index is 0.0652. The largest absolute Gasteiger partial charge is 0.493 e. The number of benzene rings is 3. The average Bonchev–Trinajstić information content (AvgIpc) is 2.87. The van der Waals surface area contributed by atoms with E-state index in [1.54, 1.807) is 34.5 Å². The summed E-state index contributed by atoms with van der Waals surface area (Å²) in [6, 6.07) is 17.3. The molecule has 3 aromatic carbocycles. The first kappa shape index (κ1) is 23.7. The number of halogens is 1. The quantitative estimate of drug-likeness (QED) is 0.357. The van der Waals surface area contributed by atoms with Crippen LogP contribution in [0, 0.1) is 0 Å². The number of ether oxygens (including phenoxy) is 4. The van der Waals surface area contributed by atoms with Crippen molar-refractivity contribution in [3.8, 4) is 23.0 Å². The second-order valence-corrected chi connectivity index (χ2v) is 8.33. The Bertz CT molecular complexity index is 1180. The van der Waals surface area contributed by atoms with E-state index in [1.165, 1.54) is 5.56 Å². The first-order chi connectivity index (χ1) is 16.6. The summed E-state index contributed by atoms with van der Waals surface area (Å²) < 4.78 is 22.0. The standard InChI is InChI=1S/C26H28ClN3O4/c1-31-23-9-8-17(13-24(23)32-2)12-22-21-16-26(34-4)25(33-3)14-18(21)10-11-30(22)29-28-20-7-5-6-19(27)15-20/h5-9,13-16,22H,10-12H2,1-4H3/t22-/m1/s1. The van der Waals surface area contributed by atoms with Gasteiger partial charge in [-0.15, -0.1) is 5.11 Å². The molecule has 34 heavy (non-hydrogen) atoms. The maximum Gasteiger partial charge on any atom is 0.161 e. The van der Waals surface area contributed by atoms with Crippen LogP contribution in [-0.4, -0.2) is 40.0 Å². The normalized spacial score (nSPS) is 15.2. The summed E-state index contributed by atoms with van der Waals surface area (Å²) in [5.74, 6) is 2.79. The predicted molar refractivity (Wildman–Crippen MR) is 132 cm³/mol. The molecule has 0 spiro atoms. The van der Waals surface area contributed by atoms with E-state index >= 15 is 0 Å². The molecule has 0 saturated carbocycles. The van der Waals surface area contributed by atoms with Crippen LogP contribution in [0.1, 0.15) is 22.7 Å². The van der Waals surface area contributed by atoms with E-state index in [2.05, 4.69) is 16.4 Å². The molecule has 7 nitrogen and oxygen atoms in total. The van der Waals surface area contributed by atoms with Gasteiger partial charge in [0.25, 0.3) is 0 Å². The van der Waals surface area contributed by atoms with E-state index in [1.807, 2.05) is 47.5 Å². The zero-order valence-corrected chi connectivity index (χ0v) is 20.5. The average molecular weight is 482 g/mol. The lowest BCUT2D eigenvalue weighted by atomic mass is 9.89. The molecule has 0 unspecified atom stereocenters. The van der Waals surface area contributed by atoms with Crippen molar-refractivity contribution in [2.24, 2.45) is 10.3 Å². The predicted octanol–water partition coefficient (Wildman–Crippen LogP) is 6.22. The molecule has 1 aliphatic heterocycles. The van der Waals surface area contributed by atoms with Crippen LogP contribution < -0.4 is 18.9 Å². The summed E-state index contributed by atoms with van der Waals surface area (Å²) >= 11 is 6.12. The van der Waals surface area contributed by atoms with Gasteiger partial charge in [0, 0.05) is 11.6 Å². The minimum atomic E-state index is -0.0652. The van der Waals surface area contributed by atoms with Crippen molar-refractivity contribution in [2.45, 2.75) is 18.9 Å². The van der Waals surface area contributed by atoms with Gasteiger partial charge in [-0.3, -0.25) is 5.01 Å². The summed E-state index contributed by atoms with van der Waals surface area (Å²) in [5, 5.41) is 11.7. The Morgan fingerprint density at radius 1 is 0.853 bits per heavy atom. The highest BCUT2D eigenvalue weighted by molar-refractivity contribution is 6.30. The molecule has 4 rings (SSSR count). The Morgan fingerprint density at radius 2 is 1.56 bits per heavy atom. The number of methoxy groups -OCH3 is 4. The molecule has 1 aliphatic rings. The van der Waals surface area contributed by atoms with E-state index < -0.39 is 0 Å². The van der Waals surface area contributed by atoms with E-state index in [-0.39, 0.29) is 6.04 Å². The first-order valence-electron chi connectivity index (χ1n) is 11.0. The van der Waals surface area contributed by atoms with Gasteiger partial charge in [-0.05, 0) is 72.0 Å². The van der Waals surface area contributed by atoms with Gasteiger partial charge in [0.2, 0.25) is 0 Å². The maximum atomic E-state index is 6.12. The summed E-state index contributed by atoms with van der Waals surface area (Å²) in [7, 11) is 6.57. The van der Waals surface area contributed by atoms with Crippen molar-refractivity contribution in [1.29, 1.82) is 0 Å². The van der Waals surface area contributed by atoms with Crippen molar-refractivity contribution in [1.82, 2.24) is 5.01 Å². The molecule has 0 fully saturated rings. The van der Waals surface area contributed by atoms with Crippen LogP contribution in [0.5, 0.6) is 23.0 Å². The molecule has 0 aromatic heterocycles. The molecule has 1 atom stereocenters. The molecule has 0 radical (unpaired) electrons. The Balaban J connectivity index is 1.73. The van der Waals surface area contributed by atoms with Crippen LogP contribution in [0.3, 0.4) is 0 Å². The van der Waals surface area contributed by atoms with E-state index in [4.69, 9.17) is 30.5 Å². The second-order valence-electron chi connectivity index (χ2n) is 7.90. The topological polar surface area (TPSA) is 64.9 Å². The number of rotatable bonds is 8. The molecule has 1 heterocycles. The third kappa shape index (κ3) is 5.04. The summed E-state index contributed by atoms with van der Waals surface area (Å²) in [6.07, 6.45) is 1.50. The third-order valence-corrected chi connectivity index (χ3v) is 6.17. The van der Waals surface area contributed by atoms with Gasteiger partial charge in [-0.1, -0.05) is 29.0 Å². The lowest BCUT2D eigenvalue weighted by Gasteiger charge is -2.35. The number of nitrogens with zero attached hydrogens (tertiary/aromatic N) is 3. The van der Waals surface area contributed by atoms with Gasteiger partial charge < -0.3 is 18.9 Å². The Labute approximate surface area is 204 Å². The molecule has 0 bridgehead atoms. The van der Waals surface area contributed by atoms with Gasteiger partial charge in [0.1, 0.15) is 0 Å². The molecular weight excluding hydrogens is 454 g/mol. The molecule has 0 aliphatic carbocycles. The minimum Gasteiger partial charge on any atom is -0.493 e. The van der Waals surface area contributed by atoms with Crippen molar-refractivity contribution in [3.05, 3.63) is 76.3 Å². The fourth-order valence-electron chi connectivity index (χ4n) is 4.22. The number of hydrogen-bond acceptors (Lipinski definition) is 6. The van der Waals surface area contributed by atoms with E-state index in [0.29, 0.717) is 40.9 Å². The highest BCUT2D eigenvalue weighted by Crippen LogP contribution is 2.40.